The lowest BCUT2D eigenvalue weighted by Gasteiger charge is -2.35. The molecule has 1 aliphatic rings. The first kappa shape index (κ1) is 21.7. The second-order valence-electron chi connectivity index (χ2n) is 7.67. The Balaban J connectivity index is 0.00000231. The Kier molecular flexibility index (Phi) is 6.80. The summed E-state index contributed by atoms with van der Waals surface area (Å²) < 4.78 is 7.43. The summed E-state index contributed by atoms with van der Waals surface area (Å²) in [6.45, 7) is 5.75. The minimum Gasteiger partial charge on any atom is -0.353 e. The number of anilines is 1. The van der Waals surface area contributed by atoms with Gasteiger partial charge in [0, 0.05) is 38.1 Å². The maximum absolute atomic E-state index is 12.5. The number of piperazine rings is 1. The molecule has 1 fully saturated rings. The quantitative estimate of drug-likeness (QED) is 0.414. The smallest absolute Gasteiger partial charge is 0.277 e. The topological polar surface area (TPSA) is 67.2 Å². The van der Waals surface area contributed by atoms with Gasteiger partial charge >= 0.3 is 0 Å². The fraction of sp³-hybridized carbons (Fsp3) is 0.364. The summed E-state index contributed by atoms with van der Waals surface area (Å²) in [6.07, 6.45) is 1.96. The number of unbranched alkanes of at least 4 members (excludes halogenated alkanes) is 1. The van der Waals surface area contributed by atoms with Gasteiger partial charge in [0.05, 0.1) is 10.1 Å². The SMILES string of the molecule is Cl.O=c1c2ccccc2nnn1CCCCN1CCN(c2nsc3ccccc23)CC1. The van der Waals surface area contributed by atoms with Crippen LogP contribution in [0.3, 0.4) is 0 Å². The number of hydrogen-bond donors (Lipinski definition) is 0. The molecule has 1 saturated heterocycles. The van der Waals surface area contributed by atoms with Crippen LogP contribution < -0.4 is 10.5 Å². The molecule has 9 heteroatoms. The van der Waals surface area contributed by atoms with Crippen molar-refractivity contribution in [2.24, 2.45) is 0 Å². The number of aromatic nitrogens is 4. The molecule has 0 N–H and O–H groups in total. The zero-order valence-corrected chi connectivity index (χ0v) is 18.8. The van der Waals surface area contributed by atoms with Gasteiger partial charge in [-0.25, -0.2) is 4.68 Å². The fourth-order valence-electron chi connectivity index (χ4n) is 4.05. The van der Waals surface area contributed by atoms with Crippen molar-refractivity contribution >= 4 is 50.7 Å². The second-order valence-corrected chi connectivity index (χ2v) is 8.48. The lowest BCUT2D eigenvalue weighted by molar-refractivity contribution is 0.250. The monoisotopic (exact) mass is 456 g/mol. The maximum Gasteiger partial charge on any atom is 0.277 e. The molecule has 0 spiro atoms. The van der Waals surface area contributed by atoms with Crippen LogP contribution in [0, 0.1) is 0 Å². The van der Waals surface area contributed by atoms with Crippen LogP contribution >= 0.6 is 23.9 Å². The molecule has 5 rings (SSSR count). The molecule has 3 heterocycles. The predicted molar refractivity (Wildman–Crippen MR) is 129 cm³/mol. The lowest BCUT2D eigenvalue weighted by Crippen LogP contribution is -2.46. The summed E-state index contributed by atoms with van der Waals surface area (Å²) in [5.41, 5.74) is 0.606. The number of rotatable bonds is 6. The Morgan fingerprint density at radius 1 is 0.871 bits per heavy atom. The van der Waals surface area contributed by atoms with Crippen molar-refractivity contribution in [2.45, 2.75) is 19.4 Å². The van der Waals surface area contributed by atoms with Crippen LogP contribution in [0.1, 0.15) is 12.8 Å². The van der Waals surface area contributed by atoms with E-state index in [0.717, 1.165) is 51.4 Å². The first-order valence-electron chi connectivity index (χ1n) is 10.4. The molecular weight excluding hydrogens is 432 g/mol. The highest BCUT2D eigenvalue weighted by atomic mass is 35.5. The van der Waals surface area contributed by atoms with Gasteiger partial charge in [0.15, 0.2) is 0 Å². The molecule has 162 valence electrons. The number of hydrogen-bond acceptors (Lipinski definition) is 7. The van der Waals surface area contributed by atoms with Crippen LogP contribution in [0.25, 0.3) is 21.0 Å². The molecule has 0 radical (unpaired) electrons. The van der Waals surface area contributed by atoms with Crippen LogP contribution in [-0.4, -0.2) is 57.0 Å². The van der Waals surface area contributed by atoms with Crippen molar-refractivity contribution in [3.63, 3.8) is 0 Å². The summed E-state index contributed by atoms with van der Waals surface area (Å²) >= 11 is 1.58. The van der Waals surface area contributed by atoms with E-state index in [1.54, 1.807) is 11.5 Å². The van der Waals surface area contributed by atoms with Crippen LogP contribution in [-0.2, 0) is 6.54 Å². The molecular formula is C22H25ClN6OS. The third-order valence-electron chi connectivity index (χ3n) is 5.75. The van der Waals surface area contributed by atoms with E-state index in [1.165, 1.54) is 14.8 Å². The molecule has 4 aromatic rings. The summed E-state index contributed by atoms with van der Waals surface area (Å²) in [5.74, 6) is 1.13. The number of aryl methyl sites for hydroxylation is 1. The van der Waals surface area contributed by atoms with Crippen molar-refractivity contribution in [3.8, 4) is 0 Å². The molecule has 0 amide bonds. The van der Waals surface area contributed by atoms with E-state index in [9.17, 15) is 4.79 Å². The van der Waals surface area contributed by atoms with Gasteiger partial charge in [-0.1, -0.05) is 29.5 Å². The van der Waals surface area contributed by atoms with Crippen LogP contribution in [0.5, 0.6) is 0 Å². The van der Waals surface area contributed by atoms with Crippen molar-refractivity contribution in [3.05, 3.63) is 58.9 Å². The summed E-state index contributed by atoms with van der Waals surface area (Å²) in [5, 5.41) is 10.1. The Labute approximate surface area is 190 Å². The Morgan fingerprint density at radius 2 is 1.58 bits per heavy atom. The highest BCUT2D eigenvalue weighted by Gasteiger charge is 2.20. The van der Waals surface area contributed by atoms with E-state index >= 15 is 0 Å². The van der Waals surface area contributed by atoms with Gasteiger partial charge < -0.3 is 4.90 Å². The molecule has 2 aromatic carbocycles. The van der Waals surface area contributed by atoms with Crippen molar-refractivity contribution in [1.29, 1.82) is 0 Å². The summed E-state index contributed by atoms with van der Waals surface area (Å²) in [4.78, 5) is 17.4. The van der Waals surface area contributed by atoms with E-state index in [1.807, 2.05) is 24.3 Å². The fourth-order valence-corrected chi connectivity index (χ4v) is 4.85. The molecule has 7 nitrogen and oxygen atoms in total. The molecule has 0 bridgehead atoms. The van der Waals surface area contributed by atoms with Gasteiger partial charge in [0.25, 0.3) is 5.56 Å². The largest absolute Gasteiger partial charge is 0.353 e. The Morgan fingerprint density at radius 3 is 2.42 bits per heavy atom. The molecule has 0 unspecified atom stereocenters. The van der Waals surface area contributed by atoms with Gasteiger partial charge in [-0.05, 0) is 55.2 Å². The lowest BCUT2D eigenvalue weighted by atomic mass is 10.2. The number of fused-ring (bicyclic) bond motifs is 2. The third-order valence-corrected chi connectivity index (χ3v) is 6.57. The average molecular weight is 457 g/mol. The van der Waals surface area contributed by atoms with Crippen molar-refractivity contribution in [1.82, 2.24) is 24.3 Å². The van der Waals surface area contributed by atoms with Crippen LogP contribution in [0.2, 0.25) is 0 Å². The van der Waals surface area contributed by atoms with Crippen LogP contribution in [0.4, 0.5) is 5.82 Å². The molecule has 0 saturated carbocycles. The number of benzene rings is 2. The first-order valence-corrected chi connectivity index (χ1v) is 11.2. The minimum absolute atomic E-state index is 0. The molecule has 31 heavy (non-hydrogen) atoms. The van der Waals surface area contributed by atoms with E-state index in [-0.39, 0.29) is 18.0 Å². The van der Waals surface area contributed by atoms with Gasteiger partial charge in [-0.15, -0.1) is 17.5 Å². The normalized spacial score (nSPS) is 14.8. The van der Waals surface area contributed by atoms with Gasteiger partial charge in [-0.3, -0.25) is 9.69 Å². The van der Waals surface area contributed by atoms with Crippen molar-refractivity contribution in [2.75, 3.05) is 37.6 Å². The molecule has 1 aliphatic heterocycles. The summed E-state index contributed by atoms with van der Waals surface area (Å²) in [7, 11) is 0. The third kappa shape index (κ3) is 4.56. The van der Waals surface area contributed by atoms with E-state index in [2.05, 4.69) is 48.8 Å². The number of nitrogens with zero attached hydrogens (tertiary/aromatic N) is 6. The standard InChI is InChI=1S/C22H24N6OS.ClH/c29-22-17-7-1-3-9-19(17)23-25-28(22)12-6-5-11-26-13-15-27(16-14-26)21-18-8-2-4-10-20(18)30-24-21;/h1-4,7-10H,5-6,11-16H2;1H. The summed E-state index contributed by atoms with van der Waals surface area (Å²) in [6, 6.07) is 15.8. The highest BCUT2D eigenvalue weighted by molar-refractivity contribution is 7.13. The van der Waals surface area contributed by atoms with Gasteiger partial charge in [0.2, 0.25) is 0 Å². The molecule has 2 aromatic heterocycles. The van der Waals surface area contributed by atoms with E-state index in [0.29, 0.717) is 17.4 Å². The zero-order chi connectivity index (χ0) is 20.3. The second kappa shape index (κ2) is 9.72. The first-order chi connectivity index (χ1) is 14.8. The minimum atomic E-state index is -0.0512. The van der Waals surface area contributed by atoms with Crippen LogP contribution in [0.15, 0.2) is 53.3 Å². The van der Waals surface area contributed by atoms with E-state index < -0.39 is 0 Å². The molecule has 0 aliphatic carbocycles. The van der Waals surface area contributed by atoms with E-state index in [4.69, 9.17) is 0 Å². The van der Waals surface area contributed by atoms with Gasteiger partial charge in [-0.2, -0.15) is 4.37 Å². The molecule has 0 atom stereocenters. The maximum atomic E-state index is 12.5. The van der Waals surface area contributed by atoms with Crippen molar-refractivity contribution < 1.29 is 0 Å². The Bertz CT molecular complexity index is 1220. The Hall–Kier alpha value is -2.55. The highest BCUT2D eigenvalue weighted by Crippen LogP contribution is 2.29. The van der Waals surface area contributed by atoms with Gasteiger partial charge in [0.1, 0.15) is 11.3 Å². The zero-order valence-electron chi connectivity index (χ0n) is 17.2. The predicted octanol–water partition coefficient (Wildman–Crippen LogP) is 3.43. The number of halogens is 1. The average Bonchev–Trinajstić information content (AvgIpc) is 3.23.